The van der Waals surface area contributed by atoms with Crippen molar-refractivity contribution in [2.45, 2.75) is 57.7 Å². The Labute approximate surface area is 150 Å². The van der Waals surface area contributed by atoms with Gasteiger partial charge in [0.25, 0.3) is 5.91 Å². The van der Waals surface area contributed by atoms with E-state index in [9.17, 15) is 4.79 Å². The minimum absolute atomic E-state index is 0.0989. The van der Waals surface area contributed by atoms with Crippen LogP contribution in [-0.4, -0.2) is 53.5 Å². The molecule has 1 aliphatic heterocycles. The Morgan fingerprint density at radius 2 is 1.84 bits per heavy atom. The second kappa shape index (κ2) is 7.88. The van der Waals surface area contributed by atoms with Gasteiger partial charge in [0.05, 0.1) is 11.6 Å². The van der Waals surface area contributed by atoms with E-state index in [4.69, 9.17) is 10.00 Å². The second-order valence-electron chi connectivity index (χ2n) is 7.04. The van der Waals surface area contributed by atoms with Crippen LogP contribution in [0.1, 0.15) is 45.1 Å². The van der Waals surface area contributed by atoms with Gasteiger partial charge in [-0.1, -0.05) is 6.92 Å². The van der Waals surface area contributed by atoms with Crippen LogP contribution in [0.4, 0.5) is 0 Å². The van der Waals surface area contributed by atoms with Crippen molar-refractivity contribution in [3.05, 3.63) is 29.8 Å². The SMILES string of the molecule is CCN1CCC(N(C(=O)[C@@H](C)Oc2ccc(C#N)cc2)C2CC2)CC1. The number of carbonyl (C=O) groups excluding carboxylic acids is 1. The highest BCUT2D eigenvalue weighted by Crippen LogP contribution is 2.33. The Balaban J connectivity index is 1.62. The van der Waals surface area contributed by atoms with Crippen LogP contribution in [0.5, 0.6) is 5.75 Å². The summed E-state index contributed by atoms with van der Waals surface area (Å²) in [6.07, 6.45) is 3.84. The maximum atomic E-state index is 13.0. The predicted octanol–water partition coefficient (Wildman–Crippen LogP) is 2.80. The van der Waals surface area contributed by atoms with Gasteiger partial charge < -0.3 is 14.5 Å². The van der Waals surface area contributed by atoms with Crippen LogP contribution in [-0.2, 0) is 4.79 Å². The van der Waals surface area contributed by atoms with E-state index in [-0.39, 0.29) is 5.91 Å². The number of carbonyl (C=O) groups is 1. The minimum atomic E-state index is -0.502. The summed E-state index contributed by atoms with van der Waals surface area (Å²) >= 11 is 0. The van der Waals surface area contributed by atoms with Gasteiger partial charge in [-0.3, -0.25) is 4.79 Å². The third-order valence-corrected chi connectivity index (χ3v) is 5.24. The van der Waals surface area contributed by atoms with Gasteiger partial charge in [0.1, 0.15) is 5.75 Å². The molecule has 25 heavy (non-hydrogen) atoms. The lowest BCUT2D eigenvalue weighted by Crippen LogP contribution is -2.51. The van der Waals surface area contributed by atoms with Crippen LogP contribution >= 0.6 is 0 Å². The molecule has 2 fully saturated rings. The van der Waals surface area contributed by atoms with E-state index < -0.39 is 6.10 Å². The molecule has 0 N–H and O–H groups in total. The molecule has 1 saturated heterocycles. The van der Waals surface area contributed by atoms with E-state index in [2.05, 4.69) is 22.8 Å². The van der Waals surface area contributed by atoms with E-state index in [0.29, 0.717) is 23.4 Å². The molecule has 1 atom stereocenters. The summed E-state index contributed by atoms with van der Waals surface area (Å²) in [5.74, 6) is 0.734. The van der Waals surface area contributed by atoms with Crippen LogP contribution < -0.4 is 4.74 Å². The molecular weight excluding hydrogens is 314 g/mol. The molecule has 134 valence electrons. The third kappa shape index (κ3) is 4.32. The minimum Gasteiger partial charge on any atom is -0.481 e. The molecule has 3 rings (SSSR count). The monoisotopic (exact) mass is 341 g/mol. The molecule has 1 aliphatic carbocycles. The Hall–Kier alpha value is -2.06. The van der Waals surface area contributed by atoms with E-state index in [1.165, 1.54) is 0 Å². The van der Waals surface area contributed by atoms with Gasteiger partial charge in [0.2, 0.25) is 0 Å². The van der Waals surface area contributed by atoms with Crippen molar-refractivity contribution in [3.63, 3.8) is 0 Å². The first-order valence-corrected chi connectivity index (χ1v) is 9.33. The van der Waals surface area contributed by atoms with Crippen LogP contribution in [0.3, 0.4) is 0 Å². The molecule has 0 unspecified atom stereocenters. The molecule has 0 radical (unpaired) electrons. The molecule has 1 saturated carbocycles. The Kier molecular flexibility index (Phi) is 5.60. The van der Waals surface area contributed by atoms with E-state index in [1.807, 2.05) is 6.92 Å². The summed E-state index contributed by atoms with van der Waals surface area (Å²) in [6, 6.07) is 9.77. The summed E-state index contributed by atoms with van der Waals surface area (Å²) in [6.45, 7) is 7.25. The number of likely N-dealkylation sites (tertiary alicyclic amines) is 1. The zero-order chi connectivity index (χ0) is 17.8. The highest BCUT2D eigenvalue weighted by Gasteiger charge is 2.40. The van der Waals surface area contributed by atoms with Gasteiger partial charge in [0.15, 0.2) is 6.10 Å². The number of rotatable bonds is 6. The Morgan fingerprint density at radius 3 is 2.36 bits per heavy atom. The number of hydrogen-bond donors (Lipinski definition) is 0. The first-order chi connectivity index (χ1) is 12.1. The molecule has 5 heteroatoms. The fourth-order valence-corrected chi connectivity index (χ4v) is 3.60. The molecule has 1 aromatic rings. The predicted molar refractivity (Wildman–Crippen MR) is 96.3 cm³/mol. The molecule has 0 bridgehead atoms. The molecule has 2 aliphatic rings. The number of hydrogen-bond acceptors (Lipinski definition) is 4. The summed E-state index contributed by atoms with van der Waals surface area (Å²) in [5, 5.41) is 8.87. The number of ether oxygens (including phenoxy) is 1. The molecule has 1 aromatic carbocycles. The zero-order valence-corrected chi connectivity index (χ0v) is 15.1. The smallest absolute Gasteiger partial charge is 0.263 e. The summed E-state index contributed by atoms with van der Waals surface area (Å²) in [7, 11) is 0. The van der Waals surface area contributed by atoms with E-state index >= 15 is 0 Å². The first kappa shape index (κ1) is 17.8. The van der Waals surface area contributed by atoms with Crippen LogP contribution in [0.2, 0.25) is 0 Å². The van der Waals surface area contributed by atoms with Crippen molar-refractivity contribution in [1.82, 2.24) is 9.80 Å². The maximum Gasteiger partial charge on any atom is 0.263 e. The third-order valence-electron chi connectivity index (χ3n) is 5.24. The van der Waals surface area contributed by atoms with Gasteiger partial charge >= 0.3 is 0 Å². The number of amides is 1. The van der Waals surface area contributed by atoms with Crippen molar-refractivity contribution >= 4 is 5.91 Å². The lowest BCUT2D eigenvalue weighted by Gasteiger charge is -2.39. The number of nitriles is 1. The topological polar surface area (TPSA) is 56.6 Å². The van der Waals surface area contributed by atoms with Crippen molar-refractivity contribution in [2.24, 2.45) is 0 Å². The van der Waals surface area contributed by atoms with E-state index in [1.54, 1.807) is 24.3 Å². The summed E-state index contributed by atoms with van der Waals surface area (Å²) < 4.78 is 5.86. The lowest BCUT2D eigenvalue weighted by molar-refractivity contribution is -0.142. The molecule has 5 nitrogen and oxygen atoms in total. The summed E-state index contributed by atoms with van der Waals surface area (Å²) in [4.78, 5) is 17.6. The van der Waals surface area contributed by atoms with Gasteiger partial charge in [-0.05, 0) is 63.4 Å². The van der Waals surface area contributed by atoms with Gasteiger partial charge in [-0.25, -0.2) is 0 Å². The maximum absolute atomic E-state index is 13.0. The standard InChI is InChI=1S/C20H27N3O2/c1-3-22-12-10-18(11-13-22)23(17-6-7-17)20(24)15(2)25-19-8-4-16(14-21)5-9-19/h4-5,8-9,15,17-18H,3,6-7,10-13H2,1-2H3/t15-/m1/s1. The van der Waals surface area contributed by atoms with Crippen LogP contribution in [0.25, 0.3) is 0 Å². The largest absolute Gasteiger partial charge is 0.481 e. The van der Waals surface area contributed by atoms with Crippen molar-refractivity contribution < 1.29 is 9.53 Å². The summed E-state index contributed by atoms with van der Waals surface area (Å²) in [5.41, 5.74) is 0.591. The fourth-order valence-electron chi connectivity index (χ4n) is 3.60. The number of piperidine rings is 1. The van der Waals surface area contributed by atoms with Crippen molar-refractivity contribution in [1.29, 1.82) is 5.26 Å². The number of nitrogens with zero attached hydrogens (tertiary/aromatic N) is 3. The van der Waals surface area contributed by atoms with Gasteiger partial charge in [-0.2, -0.15) is 5.26 Å². The van der Waals surface area contributed by atoms with E-state index in [0.717, 1.165) is 45.3 Å². The Morgan fingerprint density at radius 1 is 1.24 bits per heavy atom. The fraction of sp³-hybridized carbons (Fsp3) is 0.600. The number of benzene rings is 1. The lowest BCUT2D eigenvalue weighted by atomic mass is 10.0. The average molecular weight is 341 g/mol. The quantitative estimate of drug-likeness (QED) is 0.798. The molecule has 1 heterocycles. The average Bonchev–Trinajstić information content (AvgIpc) is 3.48. The van der Waals surface area contributed by atoms with Gasteiger partial charge in [0, 0.05) is 25.2 Å². The molecular formula is C20H27N3O2. The van der Waals surface area contributed by atoms with Crippen molar-refractivity contribution in [2.75, 3.05) is 19.6 Å². The second-order valence-corrected chi connectivity index (χ2v) is 7.04. The molecule has 0 spiro atoms. The highest BCUT2D eigenvalue weighted by atomic mass is 16.5. The molecule has 0 aromatic heterocycles. The van der Waals surface area contributed by atoms with Crippen molar-refractivity contribution in [3.8, 4) is 11.8 Å². The van der Waals surface area contributed by atoms with Crippen LogP contribution in [0.15, 0.2) is 24.3 Å². The molecule has 1 amide bonds. The normalized spacial score (nSPS) is 19.9. The van der Waals surface area contributed by atoms with Gasteiger partial charge in [-0.15, -0.1) is 0 Å². The zero-order valence-electron chi connectivity index (χ0n) is 15.1. The Bertz CT molecular complexity index is 625. The first-order valence-electron chi connectivity index (χ1n) is 9.33. The van der Waals surface area contributed by atoms with Crippen LogP contribution in [0, 0.1) is 11.3 Å². The highest BCUT2D eigenvalue weighted by molar-refractivity contribution is 5.82.